The molecule has 5 nitrogen and oxygen atoms in total. The van der Waals surface area contributed by atoms with Crippen LogP contribution >= 0.6 is 0 Å². The summed E-state index contributed by atoms with van der Waals surface area (Å²) in [4.78, 5) is 16.0. The molecular formula is C51H71F2O5S2+. The molecular weight excluding hydrogens is 795 g/mol. The van der Waals surface area contributed by atoms with Crippen molar-refractivity contribution in [3.63, 3.8) is 0 Å². The molecule has 3 aromatic rings. The minimum Gasteiger partial charge on any atom is -0.457 e. The highest BCUT2D eigenvalue weighted by Gasteiger charge is 2.61. The van der Waals surface area contributed by atoms with E-state index in [4.69, 9.17) is 9.29 Å². The Morgan fingerprint density at radius 2 is 1.32 bits per heavy atom. The highest BCUT2D eigenvalue weighted by Crippen LogP contribution is 2.68. The molecule has 4 aliphatic rings. The van der Waals surface area contributed by atoms with Crippen LogP contribution in [0.4, 0.5) is 8.78 Å². The van der Waals surface area contributed by atoms with Gasteiger partial charge in [0, 0.05) is 0 Å². The Labute approximate surface area is 363 Å². The number of hydrogen-bond acceptors (Lipinski definition) is 4. The maximum absolute atomic E-state index is 13.7. The van der Waals surface area contributed by atoms with Crippen molar-refractivity contribution in [2.24, 2.45) is 52.3 Å². The molecule has 0 unspecified atom stereocenters. The zero-order chi connectivity index (χ0) is 43.7. The number of halogens is 2. The van der Waals surface area contributed by atoms with Crippen LogP contribution in [0.3, 0.4) is 0 Å². The lowest BCUT2D eigenvalue weighted by molar-refractivity contribution is -0.177. The first-order chi connectivity index (χ1) is 28.2. The van der Waals surface area contributed by atoms with Crippen molar-refractivity contribution in [1.82, 2.24) is 0 Å². The third-order valence-corrected chi connectivity index (χ3v) is 18.6. The topological polar surface area (TPSA) is 80.7 Å². The van der Waals surface area contributed by atoms with Crippen LogP contribution in [-0.4, -0.2) is 30.3 Å². The van der Waals surface area contributed by atoms with Crippen molar-refractivity contribution in [1.29, 1.82) is 0 Å². The van der Waals surface area contributed by atoms with Crippen LogP contribution in [0.1, 0.15) is 138 Å². The number of esters is 1. The summed E-state index contributed by atoms with van der Waals surface area (Å²) in [6.07, 6.45) is 12.3. The molecule has 9 heteroatoms. The van der Waals surface area contributed by atoms with Gasteiger partial charge in [-0.05, 0) is 157 Å². The predicted octanol–water partition coefficient (Wildman–Crippen LogP) is 13.6. The van der Waals surface area contributed by atoms with E-state index >= 15 is 0 Å². The van der Waals surface area contributed by atoms with Gasteiger partial charge in [0.05, 0.1) is 10.9 Å². The zero-order valence-corrected chi connectivity index (χ0v) is 39.0. The summed E-state index contributed by atoms with van der Waals surface area (Å²) >= 11 is 0. The Balaban J connectivity index is 0.000000224. The van der Waals surface area contributed by atoms with Crippen molar-refractivity contribution in [2.75, 3.05) is 0 Å². The molecule has 3 aromatic carbocycles. The fourth-order valence-electron chi connectivity index (χ4n) is 12.3. The third kappa shape index (κ3) is 9.89. The Kier molecular flexibility index (Phi) is 14.4. The lowest BCUT2D eigenvalue weighted by Crippen LogP contribution is -2.54. The summed E-state index contributed by atoms with van der Waals surface area (Å²) in [6.45, 7) is 18.8. The number of hydrogen-bond donors (Lipinski definition) is 1. The normalized spacial score (nSPS) is 29.8. The van der Waals surface area contributed by atoms with Crippen LogP contribution in [0.15, 0.2) is 99.6 Å². The zero-order valence-electron chi connectivity index (χ0n) is 37.3. The maximum atomic E-state index is 13.7. The first-order valence-corrected chi connectivity index (χ1v) is 25.3. The second kappa shape index (κ2) is 18.5. The minimum absolute atomic E-state index is 0.0497. The summed E-state index contributed by atoms with van der Waals surface area (Å²) in [6, 6.07) is 30.7. The van der Waals surface area contributed by atoms with Crippen LogP contribution < -0.4 is 0 Å². The molecule has 4 aliphatic carbocycles. The van der Waals surface area contributed by atoms with Crippen LogP contribution in [-0.2, 0) is 36.0 Å². The smallest absolute Gasteiger partial charge is 0.457 e. The average Bonchev–Trinajstić information content (AvgIpc) is 3.56. The Morgan fingerprint density at radius 1 is 0.767 bits per heavy atom. The molecule has 4 fully saturated rings. The molecule has 1 N–H and O–H groups in total. The van der Waals surface area contributed by atoms with E-state index in [-0.39, 0.29) is 27.6 Å². The van der Waals surface area contributed by atoms with E-state index in [0.717, 1.165) is 42.9 Å². The van der Waals surface area contributed by atoms with Gasteiger partial charge in [-0.1, -0.05) is 123 Å². The molecule has 0 bridgehead atoms. The van der Waals surface area contributed by atoms with E-state index in [0.29, 0.717) is 30.1 Å². The lowest BCUT2D eigenvalue weighted by atomic mass is 9.44. The van der Waals surface area contributed by atoms with Crippen molar-refractivity contribution < 1.29 is 31.3 Å². The molecule has 0 aromatic heterocycles. The number of carbonyl (C=O) groups is 1. The molecule has 0 amide bonds. The second-order valence-electron chi connectivity index (χ2n) is 20.7. The number of fused-ring (bicyclic) bond motifs is 5. The second-order valence-corrected chi connectivity index (χ2v) is 24.2. The van der Waals surface area contributed by atoms with Crippen LogP contribution in [0.5, 0.6) is 0 Å². The molecule has 4 saturated carbocycles. The molecule has 7 rings (SSSR count). The fourth-order valence-corrected chi connectivity index (χ4v) is 14.6. The van der Waals surface area contributed by atoms with Crippen molar-refractivity contribution >= 4 is 27.0 Å². The van der Waals surface area contributed by atoms with Gasteiger partial charge in [-0.25, -0.2) is 4.79 Å². The van der Waals surface area contributed by atoms with Gasteiger partial charge in [-0.3, -0.25) is 4.55 Å². The molecule has 0 radical (unpaired) electrons. The molecule has 60 heavy (non-hydrogen) atoms. The van der Waals surface area contributed by atoms with Gasteiger partial charge in [0.25, 0.3) is 0 Å². The molecule has 330 valence electrons. The van der Waals surface area contributed by atoms with Gasteiger partial charge in [0.15, 0.2) is 14.7 Å². The van der Waals surface area contributed by atoms with Gasteiger partial charge >= 0.3 is 21.3 Å². The fraction of sp³-hybridized carbons (Fsp3) is 0.627. The Hall–Kier alpha value is -2.75. The van der Waals surface area contributed by atoms with Crippen molar-refractivity contribution in [3.8, 4) is 0 Å². The predicted molar refractivity (Wildman–Crippen MR) is 240 cm³/mol. The SMILES string of the molecule is CC(C)(C)c1ccc([S+](c2ccccc2)c2ccccc2)cc1.CC(C)CCC[C@@H](C)[C@H]1CC[C@H]2[C@@H]3CC[C@H]4C[C@@H](OC(=O)C(F)(F)S(=O)(=O)O)CC[C@]4(C)[C@H]3CC[C@]12C. The van der Waals surface area contributed by atoms with Crippen LogP contribution in [0, 0.1) is 52.3 Å². The average molecular weight is 866 g/mol. The minimum atomic E-state index is -5.85. The summed E-state index contributed by atoms with van der Waals surface area (Å²) in [5.41, 5.74) is 2.08. The number of alkyl halides is 2. The standard InChI is InChI=1S/C29H48F2O5S.C22H23S/c1-18(2)7-6-8-19(3)23-11-12-24-22-10-9-20-17-21(36-26(32)29(30,31)37(33,34)35)13-15-27(20,4)25(22)14-16-28(23,24)5;1-22(2,3)18-14-16-21(17-15-18)23(19-10-6-4-7-11-19)20-12-8-5-9-13-20/h18-25H,6-17H2,1-5H3,(H,33,34,35);4-17H,1-3H3/q;+1/t19-,20+,21+,22+,23-,24+,25+,27+,28-;/m1./s1. The molecule has 9 atom stereocenters. The Morgan fingerprint density at radius 3 is 1.87 bits per heavy atom. The third-order valence-electron chi connectivity index (χ3n) is 15.6. The molecule has 0 aliphatic heterocycles. The molecule has 0 saturated heterocycles. The summed E-state index contributed by atoms with van der Waals surface area (Å²) in [5.74, 6) is 2.51. The summed E-state index contributed by atoms with van der Waals surface area (Å²) in [7, 11) is -5.90. The van der Waals surface area contributed by atoms with E-state index in [1.807, 2.05) is 0 Å². The summed E-state index contributed by atoms with van der Waals surface area (Å²) < 4.78 is 63.1. The molecule has 0 spiro atoms. The van der Waals surface area contributed by atoms with E-state index < -0.39 is 27.4 Å². The maximum Gasteiger partial charge on any atom is 0.465 e. The van der Waals surface area contributed by atoms with Gasteiger partial charge < -0.3 is 4.74 Å². The van der Waals surface area contributed by atoms with Crippen molar-refractivity contribution in [3.05, 3.63) is 90.5 Å². The largest absolute Gasteiger partial charge is 0.465 e. The first kappa shape index (κ1) is 46.7. The number of carbonyl (C=O) groups excluding carboxylic acids is 1. The van der Waals surface area contributed by atoms with Crippen LogP contribution in [0.2, 0.25) is 0 Å². The van der Waals surface area contributed by atoms with Crippen LogP contribution in [0.25, 0.3) is 0 Å². The van der Waals surface area contributed by atoms with E-state index in [2.05, 4.69) is 140 Å². The highest BCUT2D eigenvalue weighted by atomic mass is 32.2. The quantitative estimate of drug-likeness (QED) is 0.118. The van der Waals surface area contributed by atoms with E-state index in [1.54, 1.807) is 0 Å². The van der Waals surface area contributed by atoms with Gasteiger partial charge in [-0.2, -0.15) is 17.2 Å². The Bertz CT molecular complexity index is 1940. The van der Waals surface area contributed by atoms with Gasteiger partial charge in [0.1, 0.15) is 6.10 Å². The first-order valence-electron chi connectivity index (χ1n) is 22.7. The van der Waals surface area contributed by atoms with Gasteiger partial charge in [0.2, 0.25) is 0 Å². The molecule has 0 heterocycles. The van der Waals surface area contributed by atoms with Crippen molar-refractivity contribution in [2.45, 2.75) is 164 Å². The highest BCUT2D eigenvalue weighted by molar-refractivity contribution is 7.97. The van der Waals surface area contributed by atoms with E-state index in [9.17, 15) is 22.0 Å². The monoisotopic (exact) mass is 865 g/mol. The number of benzene rings is 3. The lowest BCUT2D eigenvalue weighted by Gasteiger charge is -2.61. The van der Waals surface area contributed by atoms with E-state index in [1.165, 1.54) is 65.2 Å². The number of rotatable bonds is 11. The summed E-state index contributed by atoms with van der Waals surface area (Å²) in [5, 5.41) is -4.93. The number of ether oxygens (including phenoxy) is 1. The van der Waals surface area contributed by atoms with Gasteiger partial charge in [-0.15, -0.1) is 0 Å².